The molecule has 7 heteroatoms. The van der Waals surface area contributed by atoms with E-state index in [1.54, 1.807) is 19.4 Å². The highest BCUT2D eigenvalue weighted by Gasteiger charge is 2.26. The molecule has 1 aromatic carbocycles. The number of rotatable bonds is 5. The minimum Gasteiger partial charge on any atom is -0.481 e. The van der Waals surface area contributed by atoms with Gasteiger partial charge in [-0.05, 0) is 36.1 Å². The van der Waals surface area contributed by atoms with E-state index in [0.29, 0.717) is 37.6 Å². The molecule has 1 aliphatic rings. The third-order valence-electron chi connectivity index (χ3n) is 5.07. The van der Waals surface area contributed by atoms with E-state index < -0.39 is 12.1 Å². The standard InChI is InChI=1S/C22H23N3O4/c1-28-21-7-6-14(12-23-21)10-15-11-18(24-17-5-3-2-4-16(15)17)22(27)25-19-13-29-9-8-20(19)26/h2-7,11-12,19-20,26H,8-10,13H2,1H3,(H,25,27)/t19-,20-/m0/s1. The highest BCUT2D eigenvalue weighted by Crippen LogP contribution is 2.22. The summed E-state index contributed by atoms with van der Waals surface area (Å²) in [5, 5.41) is 13.9. The van der Waals surface area contributed by atoms with Crippen LogP contribution < -0.4 is 10.1 Å². The molecule has 0 unspecified atom stereocenters. The fraction of sp³-hybridized carbons (Fsp3) is 0.318. The monoisotopic (exact) mass is 393 g/mol. The molecule has 0 aliphatic carbocycles. The zero-order valence-electron chi connectivity index (χ0n) is 16.2. The molecule has 4 rings (SSSR count). The quantitative estimate of drug-likeness (QED) is 0.690. The van der Waals surface area contributed by atoms with Crippen molar-refractivity contribution in [3.8, 4) is 5.88 Å². The number of benzene rings is 1. The second-order valence-corrected chi connectivity index (χ2v) is 7.08. The van der Waals surface area contributed by atoms with E-state index in [1.165, 1.54) is 0 Å². The van der Waals surface area contributed by atoms with Crippen LogP contribution in [0.2, 0.25) is 0 Å². The number of pyridine rings is 2. The van der Waals surface area contributed by atoms with Gasteiger partial charge in [-0.1, -0.05) is 24.3 Å². The number of aromatic nitrogens is 2. The van der Waals surface area contributed by atoms with Crippen LogP contribution in [0.25, 0.3) is 10.9 Å². The van der Waals surface area contributed by atoms with Crippen molar-refractivity contribution in [3.63, 3.8) is 0 Å². The van der Waals surface area contributed by atoms with Crippen molar-refractivity contribution < 1.29 is 19.4 Å². The summed E-state index contributed by atoms with van der Waals surface area (Å²) in [4.78, 5) is 21.6. The Bertz CT molecular complexity index is 1010. The molecule has 7 nitrogen and oxygen atoms in total. The first-order chi connectivity index (χ1) is 14.1. The first kappa shape index (κ1) is 19.3. The predicted octanol–water partition coefficient (Wildman–Crippen LogP) is 2.11. The van der Waals surface area contributed by atoms with Crippen molar-refractivity contribution in [3.05, 3.63) is 65.5 Å². The molecule has 2 aromatic heterocycles. The Hall–Kier alpha value is -3.03. The third-order valence-corrected chi connectivity index (χ3v) is 5.07. The maximum Gasteiger partial charge on any atom is 0.270 e. The van der Waals surface area contributed by atoms with Crippen LogP contribution in [-0.4, -0.2) is 53.5 Å². The van der Waals surface area contributed by atoms with E-state index in [0.717, 1.165) is 22.0 Å². The molecule has 29 heavy (non-hydrogen) atoms. The Morgan fingerprint density at radius 2 is 2.17 bits per heavy atom. The van der Waals surface area contributed by atoms with Gasteiger partial charge in [0, 0.05) is 24.3 Å². The van der Waals surface area contributed by atoms with Gasteiger partial charge in [0.1, 0.15) is 5.69 Å². The van der Waals surface area contributed by atoms with E-state index in [1.807, 2.05) is 36.4 Å². The highest BCUT2D eigenvalue weighted by molar-refractivity contribution is 5.96. The van der Waals surface area contributed by atoms with E-state index >= 15 is 0 Å². The summed E-state index contributed by atoms with van der Waals surface area (Å²) in [6.07, 6.45) is 2.27. The molecule has 0 bridgehead atoms. The maximum absolute atomic E-state index is 12.8. The van der Waals surface area contributed by atoms with Crippen LogP contribution in [0.15, 0.2) is 48.7 Å². The lowest BCUT2D eigenvalue weighted by Gasteiger charge is -2.28. The van der Waals surface area contributed by atoms with Gasteiger partial charge in [0.05, 0.1) is 31.4 Å². The number of carbonyl (C=O) groups excluding carboxylic acids is 1. The Balaban J connectivity index is 1.63. The zero-order chi connectivity index (χ0) is 20.2. The SMILES string of the molecule is COc1ccc(Cc2cc(C(=O)N[C@H]3COCC[C@@H]3O)nc3ccccc23)cn1. The number of nitrogens with zero attached hydrogens (tertiary/aromatic N) is 2. The van der Waals surface area contributed by atoms with Gasteiger partial charge in [0.2, 0.25) is 5.88 Å². The van der Waals surface area contributed by atoms with E-state index in [2.05, 4.69) is 15.3 Å². The number of para-hydroxylation sites is 1. The minimum atomic E-state index is -0.613. The van der Waals surface area contributed by atoms with E-state index in [4.69, 9.17) is 9.47 Å². The minimum absolute atomic E-state index is 0.296. The van der Waals surface area contributed by atoms with Gasteiger partial charge >= 0.3 is 0 Å². The fourth-order valence-electron chi connectivity index (χ4n) is 3.47. The molecular weight excluding hydrogens is 370 g/mol. The number of methoxy groups -OCH3 is 1. The molecule has 1 fully saturated rings. The molecule has 2 atom stereocenters. The molecule has 1 saturated heterocycles. The van der Waals surface area contributed by atoms with Crippen LogP contribution in [0.1, 0.15) is 28.0 Å². The molecule has 150 valence electrons. The average molecular weight is 393 g/mol. The molecule has 0 radical (unpaired) electrons. The van der Waals surface area contributed by atoms with Gasteiger partial charge < -0.3 is 19.9 Å². The van der Waals surface area contributed by atoms with Crippen molar-refractivity contribution in [2.45, 2.75) is 25.0 Å². The number of aliphatic hydroxyl groups is 1. The van der Waals surface area contributed by atoms with Crippen LogP contribution in [0.4, 0.5) is 0 Å². The van der Waals surface area contributed by atoms with E-state index in [9.17, 15) is 9.90 Å². The molecule has 3 aromatic rings. The summed E-state index contributed by atoms with van der Waals surface area (Å²) in [5.74, 6) is 0.237. The number of fused-ring (bicyclic) bond motifs is 1. The second-order valence-electron chi connectivity index (χ2n) is 7.08. The first-order valence-electron chi connectivity index (χ1n) is 9.58. The van der Waals surface area contributed by atoms with Crippen molar-refractivity contribution >= 4 is 16.8 Å². The van der Waals surface area contributed by atoms with Gasteiger partial charge in [-0.25, -0.2) is 9.97 Å². The number of ether oxygens (including phenoxy) is 2. The lowest BCUT2D eigenvalue weighted by molar-refractivity contribution is -0.0140. The summed E-state index contributed by atoms with van der Waals surface area (Å²) < 4.78 is 10.5. The molecule has 0 saturated carbocycles. The lowest BCUT2D eigenvalue weighted by Crippen LogP contribution is -2.49. The predicted molar refractivity (Wildman–Crippen MR) is 108 cm³/mol. The number of hydrogen-bond acceptors (Lipinski definition) is 6. The Labute approximate surface area is 168 Å². The number of carbonyl (C=O) groups is 1. The van der Waals surface area contributed by atoms with Crippen molar-refractivity contribution in [2.75, 3.05) is 20.3 Å². The van der Waals surface area contributed by atoms with Crippen LogP contribution >= 0.6 is 0 Å². The summed E-state index contributed by atoms with van der Waals surface area (Å²) in [6, 6.07) is 12.9. The molecule has 1 amide bonds. The third kappa shape index (κ3) is 4.36. The molecule has 1 aliphatic heterocycles. The van der Waals surface area contributed by atoms with Crippen LogP contribution in [0.3, 0.4) is 0 Å². The molecular formula is C22H23N3O4. The number of aliphatic hydroxyl groups excluding tert-OH is 1. The van der Waals surface area contributed by atoms with Gasteiger partial charge in [-0.15, -0.1) is 0 Å². The lowest BCUT2D eigenvalue weighted by atomic mass is 10.0. The smallest absolute Gasteiger partial charge is 0.270 e. The Morgan fingerprint density at radius 3 is 2.93 bits per heavy atom. The topological polar surface area (TPSA) is 93.6 Å². The van der Waals surface area contributed by atoms with Crippen molar-refractivity contribution in [1.82, 2.24) is 15.3 Å². The number of nitrogens with one attached hydrogen (secondary N) is 1. The molecule has 0 spiro atoms. The summed E-state index contributed by atoms with van der Waals surface area (Å²) in [7, 11) is 1.58. The summed E-state index contributed by atoms with van der Waals surface area (Å²) >= 11 is 0. The Morgan fingerprint density at radius 1 is 1.31 bits per heavy atom. The van der Waals surface area contributed by atoms with Gasteiger partial charge in [0.25, 0.3) is 5.91 Å². The highest BCUT2D eigenvalue weighted by atomic mass is 16.5. The van der Waals surface area contributed by atoms with Crippen molar-refractivity contribution in [1.29, 1.82) is 0 Å². The van der Waals surface area contributed by atoms with Crippen LogP contribution in [-0.2, 0) is 11.2 Å². The summed E-state index contributed by atoms with van der Waals surface area (Å²) in [6.45, 7) is 0.798. The van der Waals surface area contributed by atoms with Gasteiger partial charge in [-0.3, -0.25) is 4.79 Å². The maximum atomic E-state index is 12.8. The Kier molecular flexibility index (Phi) is 5.69. The largest absolute Gasteiger partial charge is 0.481 e. The average Bonchev–Trinajstić information content (AvgIpc) is 2.76. The van der Waals surface area contributed by atoms with Gasteiger partial charge in [0.15, 0.2) is 0 Å². The number of amides is 1. The fourth-order valence-corrected chi connectivity index (χ4v) is 3.47. The molecule has 3 heterocycles. The van der Waals surface area contributed by atoms with Gasteiger partial charge in [-0.2, -0.15) is 0 Å². The van der Waals surface area contributed by atoms with Crippen LogP contribution in [0, 0.1) is 0 Å². The number of hydrogen-bond donors (Lipinski definition) is 2. The van der Waals surface area contributed by atoms with Crippen molar-refractivity contribution in [2.24, 2.45) is 0 Å². The molecule has 2 N–H and O–H groups in total. The summed E-state index contributed by atoms with van der Waals surface area (Å²) in [5.41, 5.74) is 3.05. The normalized spacial score (nSPS) is 19.1. The van der Waals surface area contributed by atoms with E-state index in [-0.39, 0.29) is 5.91 Å². The zero-order valence-corrected chi connectivity index (χ0v) is 16.2. The first-order valence-corrected chi connectivity index (χ1v) is 9.58. The second kappa shape index (κ2) is 8.55. The van der Waals surface area contributed by atoms with Crippen LogP contribution in [0.5, 0.6) is 5.88 Å².